The molecule has 0 atom stereocenters. The Bertz CT molecular complexity index is 543. The molecule has 0 radical (unpaired) electrons. The molecule has 0 aromatic heterocycles. The summed E-state index contributed by atoms with van der Waals surface area (Å²) in [4.78, 5) is 13.1. The minimum Gasteiger partial charge on any atom is -0.337 e. The fourth-order valence-corrected chi connectivity index (χ4v) is 2.23. The van der Waals surface area contributed by atoms with Crippen LogP contribution in [0.5, 0.6) is 0 Å². The average molecular weight is 302 g/mol. The quantitative estimate of drug-likeness (QED) is 0.864. The maximum absolute atomic E-state index is 12.7. The molecular weight excluding hydrogens is 283 g/mol. The van der Waals surface area contributed by atoms with E-state index in [0.717, 1.165) is 5.56 Å². The van der Waals surface area contributed by atoms with Crippen LogP contribution in [0.15, 0.2) is 24.3 Å². The van der Waals surface area contributed by atoms with E-state index >= 15 is 0 Å². The summed E-state index contributed by atoms with van der Waals surface area (Å²) < 4.78 is 35.3. The molecule has 0 bridgehead atoms. The first-order valence-electron chi connectivity index (χ1n) is 6.28. The molecule has 5 nitrogen and oxygen atoms in total. The van der Waals surface area contributed by atoms with Gasteiger partial charge in [-0.15, -0.1) is 0 Å². The number of sulfone groups is 1. The normalized spacial score (nSPS) is 11.2. The third-order valence-corrected chi connectivity index (χ3v) is 4.51. The van der Waals surface area contributed by atoms with E-state index in [1.807, 2.05) is 0 Å². The van der Waals surface area contributed by atoms with Gasteiger partial charge in [-0.2, -0.15) is 0 Å². The van der Waals surface area contributed by atoms with Gasteiger partial charge in [0.15, 0.2) is 9.84 Å². The van der Waals surface area contributed by atoms with E-state index < -0.39 is 9.84 Å². The van der Waals surface area contributed by atoms with Crippen LogP contribution in [0.1, 0.15) is 12.5 Å². The van der Waals surface area contributed by atoms with Crippen LogP contribution in [-0.4, -0.2) is 44.4 Å². The molecule has 0 saturated heterocycles. The molecule has 0 unspecified atom stereocenters. The average Bonchev–Trinajstić information content (AvgIpc) is 2.41. The standard InChI is InChI=1S/C13H19FN2O3S/c1-3-20(18,19)9-8-15-13(17)16(2)10-11-4-6-12(14)7-5-11/h4-7H,3,8-10H2,1-2H3,(H,15,17). The molecule has 20 heavy (non-hydrogen) atoms. The van der Waals surface area contributed by atoms with Gasteiger partial charge < -0.3 is 10.2 Å². The second-order valence-corrected chi connectivity index (χ2v) is 6.92. The Morgan fingerprint density at radius 3 is 2.45 bits per heavy atom. The molecule has 1 rings (SSSR count). The highest BCUT2D eigenvalue weighted by molar-refractivity contribution is 7.91. The van der Waals surface area contributed by atoms with Crippen molar-refractivity contribution in [3.05, 3.63) is 35.6 Å². The topological polar surface area (TPSA) is 66.5 Å². The third-order valence-electron chi connectivity index (χ3n) is 2.81. The number of carbonyl (C=O) groups is 1. The molecule has 1 N–H and O–H groups in total. The first kappa shape index (κ1) is 16.4. The highest BCUT2D eigenvalue weighted by Crippen LogP contribution is 2.05. The van der Waals surface area contributed by atoms with Crippen LogP contribution in [0.2, 0.25) is 0 Å². The summed E-state index contributed by atoms with van der Waals surface area (Å²) in [5.74, 6) is -0.334. The molecule has 0 saturated carbocycles. The molecular formula is C13H19FN2O3S. The Morgan fingerprint density at radius 2 is 1.90 bits per heavy atom. The van der Waals surface area contributed by atoms with E-state index in [4.69, 9.17) is 0 Å². The van der Waals surface area contributed by atoms with Crippen molar-refractivity contribution in [1.29, 1.82) is 0 Å². The van der Waals surface area contributed by atoms with Gasteiger partial charge in [-0.25, -0.2) is 17.6 Å². The van der Waals surface area contributed by atoms with Crippen LogP contribution in [-0.2, 0) is 16.4 Å². The molecule has 1 aromatic rings. The number of hydrogen-bond donors (Lipinski definition) is 1. The molecule has 0 fully saturated rings. The summed E-state index contributed by atoms with van der Waals surface area (Å²) in [5.41, 5.74) is 0.797. The predicted octanol–water partition coefficient (Wildman–Crippen LogP) is 1.40. The second-order valence-electron chi connectivity index (χ2n) is 4.45. The summed E-state index contributed by atoms with van der Waals surface area (Å²) in [6.45, 7) is 1.98. The predicted molar refractivity (Wildman–Crippen MR) is 75.6 cm³/mol. The fourth-order valence-electron chi connectivity index (χ4n) is 1.53. The van der Waals surface area contributed by atoms with Gasteiger partial charge in [-0.1, -0.05) is 19.1 Å². The number of nitrogens with zero attached hydrogens (tertiary/aromatic N) is 1. The molecule has 0 spiro atoms. The van der Waals surface area contributed by atoms with E-state index in [9.17, 15) is 17.6 Å². The largest absolute Gasteiger partial charge is 0.337 e. The summed E-state index contributed by atoms with van der Waals surface area (Å²) in [6.07, 6.45) is 0. The second kappa shape index (κ2) is 7.23. The number of halogens is 1. The van der Waals surface area contributed by atoms with Gasteiger partial charge >= 0.3 is 6.03 Å². The van der Waals surface area contributed by atoms with Crippen LogP contribution in [0, 0.1) is 5.82 Å². The lowest BCUT2D eigenvalue weighted by Gasteiger charge is -2.18. The summed E-state index contributed by atoms with van der Waals surface area (Å²) in [5, 5.41) is 2.54. The lowest BCUT2D eigenvalue weighted by Crippen LogP contribution is -2.39. The zero-order chi connectivity index (χ0) is 15.2. The number of nitrogens with one attached hydrogen (secondary N) is 1. The van der Waals surface area contributed by atoms with Crippen LogP contribution < -0.4 is 5.32 Å². The van der Waals surface area contributed by atoms with Gasteiger partial charge in [-0.05, 0) is 17.7 Å². The number of carbonyl (C=O) groups excluding carboxylic acids is 1. The first-order valence-corrected chi connectivity index (χ1v) is 8.10. The van der Waals surface area contributed by atoms with E-state index in [-0.39, 0.29) is 29.9 Å². The highest BCUT2D eigenvalue weighted by atomic mass is 32.2. The molecule has 7 heteroatoms. The number of urea groups is 1. The SMILES string of the molecule is CCS(=O)(=O)CCNC(=O)N(C)Cc1ccc(F)cc1. The van der Waals surface area contributed by atoms with Gasteiger partial charge in [0.05, 0.1) is 5.75 Å². The molecule has 0 aliphatic rings. The summed E-state index contributed by atoms with van der Waals surface area (Å²) >= 11 is 0. The minimum atomic E-state index is -3.08. The number of amides is 2. The van der Waals surface area contributed by atoms with Crippen molar-refractivity contribution in [3.63, 3.8) is 0 Å². The molecule has 0 aliphatic carbocycles. The zero-order valence-corrected chi connectivity index (χ0v) is 12.4. The minimum absolute atomic E-state index is 0.0638. The van der Waals surface area contributed by atoms with Gasteiger partial charge in [0.1, 0.15) is 5.82 Å². The fraction of sp³-hybridized carbons (Fsp3) is 0.462. The molecule has 2 amide bonds. The molecule has 0 aliphatic heterocycles. The monoisotopic (exact) mass is 302 g/mol. The van der Waals surface area contributed by atoms with Crippen molar-refractivity contribution in [2.45, 2.75) is 13.5 Å². The third kappa shape index (κ3) is 5.56. The molecule has 0 heterocycles. The first-order chi connectivity index (χ1) is 9.34. The number of hydrogen-bond acceptors (Lipinski definition) is 3. The Morgan fingerprint density at radius 1 is 1.30 bits per heavy atom. The number of benzene rings is 1. The van der Waals surface area contributed by atoms with Crippen molar-refractivity contribution in [2.24, 2.45) is 0 Å². The van der Waals surface area contributed by atoms with Crippen LogP contribution in [0.25, 0.3) is 0 Å². The maximum Gasteiger partial charge on any atom is 0.317 e. The van der Waals surface area contributed by atoms with Gasteiger partial charge in [-0.3, -0.25) is 0 Å². The Kier molecular flexibility index (Phi) is 5.94. The molecule has 112 valence electrons. The van der Waals surface area contributed by atoms with Crippen molar-refractivity contribution in [3.8, 4) is 0 Å². The van der Waals surface area contributed by atoms with Crippen LogP contribution in [0.3, 0.4) is 0 Å². The lowest BCUT2D eigenvalue weighted by molar-refractivity contribution is 0.207. The van der Waals surface area contributed by atoms with E-state index in [1.165, 1.54) is 17.0 Å². The Labute approximate surface area is 118 Å². The van der Waals surface area contributed by atoms with Gasteiger partial charge in [0, 0.05) is 25.9 Å². The van der Waals surface area contributed by atoms with Gasteiger partial charge in [0.25, 0.3) is 0 Å². The van der Waals surface area contributed by atoms with Crippen molar-refractivity contribution >= 4 is 15.9 Å². The van der Waals surface area contributed by atoms with E-state index in [1.54, 1.807) is 26.1 Å². The van der Waals surface area contributed by atoms with Crippen molar-refractivity contribution in [1.82, 2.24) is 10.2 Å². The van der Waals surface area contributed by atoms with E-state index in [0.29, 0.717) is 6.54 Å². The Balaban J connectivity index is 2.41. The smallest absolute Gasteiger partial charge is 0.317 e. The van der Waals surface area contributed by atoms with E-state index in [2.05, 4.69) is 5.32 Å². The van der Waals surface area contributed by atoms with Crippen LogP contribution >= 0.6 is 0 Å². The maximum atomic E-state index is 12.7. The Hall–Kier alpha value is -1.63. The number of rotatable bonds is 6. The van der Waals surface area contributed by atoms with Crippen LogP contribution in [0.4, 0.5) is 9.18 Å². The van der Waals surface area contributed by atoms with Crippen molar-refractivity contribution in [2.75, 3.05) is 25.1 Å². The lowest BCUT2D eigenvalue weighted by atomic mass is 10.2. The molecule has 1 aromatic carbocycles. The zero-order valence-electron chi connectivity index (χ0n) is 11.6. The summed E-state index contributed by atoms with van der Waals surface area (Å²) in [6, 6.07) is 5.49. The highest BCUT2D eigenvalue weighted by Gasteiger charge is 2.11. The van der Waals surface area contributed by atoms with Crippen molar-refractivity contribution < 1.29 is 17.6 Å². The summed E-state index contributed by atoms with van der Waals surface area (Å²) in [7, 11) is -1.49. The van der Waals surface area contributed by atoms with Gasteiger partial charge in [0.2, 0.25) is 0 Å².